The molecule has 110 valence electrons. The fraction of sp³-hybridized carbons (Fsp3) is 0.429. The summed E-state index contributed by atoms with van der Waals surface area (Å²) in [4.78, 5) is 25.1. The molecule has 1 atom stereocenters. The van der Waals surface area contributed by atoms with Gasteiger partial charge in [-0.25, -0.2) is 0 Å². The first-order chi connectivity index (χ1) is 9.62. The van der Waals surface area contributed by atoms with E-state index in [2.05, 4.69) is 4.74 Å². The van der Waals surface area contributed by atoms with Gasteiger partial charge in [-0.05, 0) is 5.56 Å². The van der Waals surface area contributed by atoms with E-state index in [1.165, 1.54) is 19.1 Å². The van der Waals surface area contributed by atoms with Crippen LogP contribution in [0.5, 0.6) is 0 Å². The third-order valence-corrected chi connectivity index (χ3v) is 2.85. The summed E-state index contributed by atoms with van der Waals surface area (Å²) in [5.74, 6) is -0.814. The number of hydrogen-bond donors (Lipinski definition) is 1. The lowest BCUT2D eigenvalue weighted by Gasteiger charge is -2.25. The number of nitrogens with zero attached hydrogens (tertiary/aromatic N) is 1. The molecule has 6 nitrogen and oxygen atoms in total. The first-order valence-corrected chi connectivity index (χ1v) is 6.24. The zero-order valence-electron chi connectivity index (χ0n) is 11.7. The minimum absolute atomic E-state index is 0.0573. The summed E-state index contributed by atoms with van der Waals surface area (Å²) >= 11 is 0. The van der Waals surface area contributed by atoms with Crippen LogP contribution in [0.4, 0.5) is 0 Å². The Bertz CT molecular complexity index is 432. The van der Waals surface area contributed by atoms with E-state index in [0.29, 0.717) is 6.54 Å². The van der Waals surface area contributed by atoms with Gasteiger partial charge in [0, 0.05) is 20.2 Å². The molecule has 6 heteroatoms. The molecule has 1 rings (SSSR count). The molecule has 0 aromatic heterocycles. The van der Waals surface area contributed by atoms with Gasteiger partial charge in [-0.15, -0.1) is 0 Å². The number of benzene rings is 1. The molecule has 0 aliphatic rings. The molecule has 0 bridgehead atoms. The van der Waals surface area contributed by atoms with E-state index in [4.69, 9.17) is 10.5 Å². The molecule has 0 radical (unpaired) electrons. The van der Waals surface area contributed by atoms with Crippen molar-refractivity contribution in [3.05, 3.63) is 35.9 Å². The normalized spacial score (nSPS) is 11.8. The molecule has 1 aromatic carbocycles. The van der Waals surface area contributed by atoms with Gasteiger partial charge in [0.1, 0.15) is 12.6 Å². The van der Waals surface area contributed by atoms with Gasteiger partial charge < -0.3 is 20.1 Å². The summed E-state index contributed by atoms with van der Waals surface area (Å²) in [6, 6.07) is 9.37. The van der Waals surface area contributed by atoms with E-state index in [1.54, 1.807) is 0 Å². The Morgan fingerprint density at radius 1 is 1.25 bits per heavy atom. The summed E-state index contributed by atoms with van der Waals surface area (Å²) in [5.41, 5.74) is 6.40. The first-order valence-electron chi connectivity index (χ1n) is 6.24. The molecule has 1 unspecified atom stereocenters. The Hall–Kier alpha value is -1.92. The molecule has 20 heavy (non-hydrogen) atoms. The number of hydrogen-bond acceptors (Lipinski definition) is 5. The molecular weight excluding hydrogens is 260 g/mol. The van der Waals surface area contributed by atoms with Crippen LogP contribution in [-0.4, -0.2) is 50.2 Å². The van der Waals surface area contributed by atoms with Crippen molar-refractivity contribution in [2.45, 2.75) is 12.6 Å². The minimum atomic E-state index is -0.761. The van der Waals surface area contributed by atoms with Gasteiger partial charge in [-0.1, -0.05) is 30.3 Å². The highest BCUT2D eigenvalue weighted by molar-refractivity contribution is 5.85. The highest BCUT2D eigenvalue weighted by Crippen LogP contribution is 2.07. The lowest BCUT2D eigenvalue weighted by atomic mass is 10.2. The van der Waals surface area contributed by atoms with Crippen LogP contribution in [0.3, 0.4) is 0 Å². The average Bonchev–Trinajstić information content (AvgIpc) is 2.48. The Morgan fingerprint density at radius 3 is 2.40 bits per heavy atom. The van der Waals surface area contributed by atoms with E-state index in [9.17, 15) is 9.59 Å². The lowest BCUT2D eigenvalue weighted by Crippen LogP contribution is -2.45. The predicted molar refractivity (Wildman–Crippen MR) is 73.7 cm³/mol. The van der Waals surface area contributed by atoms with Crippen LogP contribution in [0.2, 0.25) is 0 Å². The van der Waals surface area contributed by atoms with Crippen molar-refractivity contribution in [2.75, 3.05) is 27.3 Å². The maximum Gasteiger partial charge on any atom is 0.325 e. The van der Waals surface area contributed by atoms with Crippen molar-refractivity contribution in [2.24, 2.45) is 5.73 Å². The van der Waals surface area contributed by atoms with Crippen molar-refractivity contribution in [3.63, 3.8) is 0 Å². The van der Waals surface area contributed by atoms with Crippen LogP contribution in [0.15, 0.2) is 30.3 Å². The molecule has 0 saturated carbocycles. The predicted octanol–water partition coefficient (Wildman–Crippen LogP) is 0.162. The first kappa shape index (κ1) is 16.1. The van der Waals surface area contributed by atoms with Crippen LogP contribution in [0.1, 0.15) is 5.56 Å². The molecule has 0 spiro atoms. The summed E-state index contributed by atoms with van der Waals surface area (Å²) < 4.78 is 9.64. The van der Waals surface area contributed by atoms with E-state index >= 15 is 0 Å². The molecular formula is C14H20N2O4. The Labute approximate surface area is 118 Å². The Balaban J connectivity index is 2.84. The molecule has 0 saturated heterocycles. The number of methoxy groups -OCH3 is 2. The number of esters is 1. The molecule has 0 aliphatic heterocycles. The highest BCUT2D eigenvalue weighted by Gasteiger charge is 2.25. The molecule has 0 fully saturated rings. The van der Waals surface area contributed by atoms with E-state index in [0.717, 1.165) is 5.56 Å². The van der Waals surface area contributed by atoms with Crippen molar-refractivity contribution >= 4 is 11.9 Å². The quantitative estimate of drug-likeness (QED) is 0.720. The summed E-state index contributed by atoms with van der Waals surface area (Å²) in [6.45, 7) is 0.223. The number of nitrogens with two attached hydrogens (primary N) is 1. The molecule has 0 aliphatic carbocycles. The minimum Gasteiger partial charge on any atom is -0.468 e. The van der Waals surface area contributed by atoms with E-state index < -0.39 is 12.1 Å². The fourth-order valence-corrected chi connectivity index (χ4v) is 1.74. The van der Waals surface area contributed by atoms with Crippen LogP contribution >= 0.6 is 0 Å². The smallest absolute Gasteiger partial charge is 0.325 e. The summed E-state index contributed by atoms with van der Waals surface area (Å²) in [7, 11) is 2.69. The van der Waals surface area contributed by atoms with Crippen LogP contribution in [0.25, 0.3) is 0 Å². The van der Waals surface area contributed by atoms with Gasteiger partial charge in [0.15, 0.2) is 0 Å². The maximum atomic E-state index is 12.3. The molecule has 1 aromatic rings. The fourth-order valence-electron chi connectivity index (χ4n) is 1.74. The zero-order chi connectivity index (χ0) is 15.0. The van der Waals surface area contributed by atoms with Crippen molar-refractivity contribution in [1.29, 1.82) is 0 Å². The van der Waals surface area contributed by atoms with Gasteiger partial charge in [-0.2, -0.15) is 0 Å². The monoisotopic (exact) mass is 280 g/mol. The second-order valence-corrected chi connectivity index (χ2v) is 4.22. The molecule has 0 heterocycles. The highest BCUT2D eigenvalue weighted by atomic mass is 16.5. The van der Waals surface area contributed by atoms with Gasteiger partial charge in [0.25, 0.3) is 5.91 Å². The zero-order valence-corrected chi connectivity index (χ0v) is 11.7. The van der Waals surface area contributed by atoms with Gasteiger partial charge in [-0.3, -0.25) is 9.59 Å². The summed E-state index contributed by atoms with van der Waals surface area (Å²) in [5, 5.41) is 0. The number of ether oxygens (including phenoxy) is 2. The van der Waals surface area contributed by atoms with Crippen LogP contribution in [0, 0.1) is 0 Å². The Kier molecular flexibility index (Phi) is 6.69. The number of carbonyl (C=O) groups is 2. The van der Waals surface area contributed by atoms with Crippen molar-refractivity contribution < 1.29 is 19.1 Å². The second kappa shape index (κ2) is 8.29. The molecule has 1 amide bonds. The summed E-state index contributed by atoms with van der Waals surface area (Å²) in [6.07, 6.45) is -0.761. The third-order valence-electron chi connectivity index (χ3n) is 2.85. The van der Waals surface area contributed by atoms with E-state index in [-0.39, 0.29) is 19.0 Å². The maximum absolute atomic E-state index is 12.3. The number of amides is 1. The second-order valence-electron chi connectivity index (χ2n) is 4.22. The standard InChI is InChI=1S/C14H20N2O4/c1-19-12(8-15)14(18)16(10-13(17)20-2)9-11-6-4-3-5-7-11/h3-7,12H,8-10,15H2,1-2H3. The topological polar surface area (TPSA) is 81.9 Å². The number of carbonyl (C=O) groups excluding carboxylic acids is 2. The number of rotatable bonds is 7. The van der Waals surface area contributed by atoms with Crippen LogP contribution < -0.4 is 5.73 Å². The van der Waals surface area contributed by atoms with Gasteiger partial charge >= 0.3 is 5.97 Å². The molecule has 2 N–H and O–H groups in total. The van der Waals surface area contributed by atoms with Crippen molar-refractivity contribution in [1.82, 2.24) is 4.90 Å². The Morgan fingerprint density at radius 2 is 1.90 bits per heavy atom. The average molecular weight is 280 g/mol. The largest absolute Gasteiger partial charge is 0.468 e. The van der Waals surface area contributed by atoms with Gasteiger partial charge in [0.2, 0.25) is 0 Å². The van der Waals surface area contributed by atoms with Crippen molar-refractivity contribution in [3.8, 4) is 0 Å². The lowest BCUT2D eigenvalue weighted by molar-refractivity contribution is -0.151. The SMILES string of the molecule is COC(=O)CN(Cc1ccccc1)C(=O)C(CN)OC. The van der Waals surface area contributed by atoms with E-state index in [1.807, 2.05) is 30.3 Å². The van der Waals surface area contributed by atoms with Gasteiger partial charge in [0.05, 0.1) is 7.11 Å². The third kappa shape index (κ3) is 4.64. The van der Waals surface area contributed by atoms with Crippen LogP contribution in [-0.2, 0) is 25.6 Å².